The summed E-state index contributed by atoms with van der Waals surface area (Å²) in [6, 6.07) is 14.0. The van der Waals surface area contributed by atoms with Gasteiger partial charge in [-0.1, -0.05) is 42.1 Å². The Morgan fingerprint density at radius 1 is 1.26 bits per heavy atom. The van der Waals surface area contributed by atoms with Crippen LogP contribution in [-0.4, -0.2) is 31.6 Å². The number of aromatic amines is 1. The molecule has 0 atom stereocenters. The fourth-order valence-electron chi connectivity index (χ4n) is 2.27. The van der Waals surface area contributed by atoms with Crippen LogP contribution >= 0.6 is 11.8 Å². The van der Waals surface area contributed by atoms with Crippen LogP contribution < -0.4 is 4.74 Å². The predicted octanol–water partition coefficient (Wildman–Crippen LogP) is 3.64. The second-order valence-electron chi connectivity index (χ2n) is 5.67. The van der Waals surface area contributed by atoms with Crippen LogP contribution in [0.3, 0.4) is 0 Å². The third kappa shape index (κ3) is 4.91. The number of nitrogens with one attached hydrogen (secondary N) is 1. The first-order valence-electron chi connectivity index (χ1n) is 8.03. The van der Waals surface area contributed by atoms with Gasteiger partial charge in [-0.3, -0.25) is 20.0 Å². The van der Waals surface area contributed by atoms with Gasteiger partial charge in [-0.25, -0.2) is 4.98 Å². The quantitative estimate of drug-likeness (QED) is 0.358. The van der Waals surface area contributed by atoms with Crippen molar-refractivity contribution in [3.05, 3.63) is 64.2 Å². The van der Waals surface area contributed by atoms with Crippen molar-refractivity contribution < 1.29 is 14.5 Å². The number of rotatable bonds is 8. The first-order valence-corrected chi connectivity index (χ1v) is 9.01. The summed E-state index contributed by atoms with van der Waals surface area (Å²) in [5.74, 6) is 0.850. The number of nitrogens with zero attached hydrogens (tertiary/aromatic N) is 3. The predicted molar refractivity (Wildman–Crippen MR) is 101 cm³/mol. The maximum Gasteiger partial charge on any atom is 0.311 e. The maximum absolute atomic E-state index is 11.4. The lowest BCUT2D eigenvalue weighted by Gasteiger charge is -2.07. The molecule has 9 heteroatoms. The number of aromatic nitrogens is 3. The molecule has 0 aliphatic carbocycles. The van der Waals surface area contributed by atoms with Crippen LogP contribution in [0.25, 0.3) is 11.4 Å². The molecule has 1 N–H and O–H groups in total. The molecule has 27 heavy (non-hydrogen) atoms. The van der Waals surface area contributed by atoms with Crippen molar-refractivity contribution in [1.29, 1.82) is 0 Å². The molecule has 0 saturated carbocycles. The second kappa shape index (κ2) is 8.45. The number of hydrogen-bond acceptors (Lipinski definition) is 7. The largest absolute Gasteiger partial charge is 0.482 e. The highest BCUT2D eigenvalue weighted by atomic mass is 32.2. The smallest absolute Gasteiger partial charge is 0.311 e. The average molecular weight is 384 g/mol. The minimum absolute atomic E-state index is 0.0157. The van der Waals surface area contributed by atoms with Crippen LogP contribution in [-0.2, 0) is 11.4 Å². The lowest BCUT2D eigenvalue weighted by molar-refractivity contribution is -0.385. The molecule has 0 bridgehead atoms. The summed E-state index contributed by atoms with van der Waals surface area (Å²) in [5, 5.41) is 18.6. The molecule has 1 aromatic heterocycles. The number of benzene rings is 2. The molecule has 0 spiro atoms. The van der Waals surface area contributed by atoms with E-state index in [2.05, 4.69) is 15.2 Å². The zero-order valence-corrected chi connectivity index (χ0v) is 15.2. The van der Waals surface area contributed by atoms with E-state index in [1.807, 2.05) is 30.3 Å². The van der Waals surface area contributed by atoms with E-state index in [-0.39, 0.29) is 29.6 Å². The van der Waals surface area contributed by atoms with Crippen LogP contribution in [0.5, 0.6) is 5.75 Å². The van der Waals surface area contributed by atoms with Gasteiger partial charge < -0.3 is 4.74 Å². The molecular weight excluding hydrogens is 368 g/mol. The van der Waals surface area contributed by atoms with E-state index in [4.69, 9.17) is 4.74 Å². The zero-order valence-electron chi connectivity index (χ0n) is 14.4. The van der Waals surface area contributed by atoms with E-state index in [1.54, 1.807) is 12.1 Å². The summed E-state index contributed by atoms with van der Waals surface area (Å²) in [4.78, 5) is 26.2. The summed E-state index contributed by atoms with van der Waals surface area (Å²) < 4.78 is 5.62. The van der Waals surface area contributed by atoms with Gasteiger partial charge in [0.1, 0.15) is 12.4 Å². The Morgan fingerprint density at radius 2 is 2.04 bits per heavy atom. The van der Waals surface area contributed by atoms with Crippen molar-refractivity contribution in [3.8, 4) is 17.1 Å². The number of thioether (sulfide) groups is 1. The molecule has 0 saturated heterocycles. The Morgan fingerprint density at radius 3 is 2.74 bits per heavy atom. The van der Waals surface area contributed by atoms with Gasteiger partial charge in [-0.15, -0.1) is 5.10 Å². The average Bonchev–Trinajstić information content (AvgIpc) is 3.14. The molecule has 0 aliphatic rings. The lowest BCUT2D eigenvalue weighted by atomic mass is 10.1. The first-order chi connectivity index (χ1) is 13.0. The number of nitro groups is 1. The SMILES string of the molecule is CC(=O)CSc1n[nH]c(-c2ccc(OCc3ccccc3)c([N+](=O)[O-])c2)n1. The molecule has 0 amide bonds. The van der Waals surface area contributed by atoms with Crippen molar-refractivity contribution in [2.24, 2.45) is 0 Å². The topological polar surface area (TPSA) is 111 Å². The van der Waals surface area contributed by atoms with E-state index in [9.17, 15) is 14.9 Å². The number of carbonyl (C=O) groups excluding carboxylic acids is 1. The van der Waals surface area contributed by atoms with Crippen LogP contribution in [0.15, 0.2) is 53.7 Å². The first kappa shape index (κ1) is 18.6. The monoisotopic (exact) mass is 384 g/mol. The van der Waals surface area contributed by atoms with E-state index >= 15 is 0 Å². The van der Waals surface area contributed by atoms with Crippen molar-refractivity contribution in [2.75, 3.05) is 5.75 Å². The molecule has 0 aliphatic heterocycles. The van der Waals surface area contributed by atoms with Crippen LogP contribution in [0.2, 0.25) is 0 Å². The summed E-state index contributed by atoms with van der Waals surface area (Å²) in [6.45, 7) is 1.72. The molecular formula is C18H16N4O4S. The standard InChI is InChI=1S/C18H16N4O4S/c1-12(23)11-27-18-19-17(20-21-18)14-7-8-16(15(9-14)22(24)25)26-10-13-5-3-2-4-6-13/h2-9H,10-11H2,1H3,(H,19,20,21). The van der Waals surface area contributed by atoms with Crippen LogP contribution in [0.4, 0.5) is 5.69 Å². The number of ether oxygens (including phenoxy) is 1. The Labute approximate surface area is 159 Å². The van der Waals surface area contributed by atoms with Gasteiger partial charge in [-0.2, -0.15) is 0 Å². The van der Waals surface area contributed by atoms with E-state index in [1.165, 1.54) is 24.8 Å². The van der Waals surface area contributed by atoms with Gasteiger partial charge in [0.15, 0.2) is 11.6 Å². The molecule has 2 aromatic carbocycles. The van der Waals surface area contributed by atoms with Crippen molar-refractivity contribution in [3.63, 3.8) is 0 Å². The molecule has 0 unspecified atom stereocenters. The summed E-state index contributed by atoms with van der Waals surface area (Å²) in [6.07, 6.45) is 0. The maximum atomic E-state index is 11.4. The Kier molecular flexibility index (Phi) is 5.82. The van der Waals surface area contributed by atoms with E-state index < -0.39 is 4.92 Å². The molecule has 3 aromatic rings. The third-order valence-corrected chi connectivity index (χ3v) is 4.53. The highest BCUT2D eigenvalue weighted by Crippen LogP contribution is 2.32. The van der Waals surface area contributed by atoms with Crippen LogP contribution in [0.1, 0.15) is 12.5 Å². The van der Waals surface area contributed by atoms with Gasteiger partial charge >= 0.3 is 5.69 Å². The summed E-state index contributed by atoms with van der Waals surface area (Å²) >= 11 is 1.20. The zero-order chi connectivity index (χ0) is 19.2. The van der Waals surface area contributed by atoms with E-state index in [0.717, 1.165) is 5.56 Å². The third-order valence-electron chi connectivity index (χ3n) is 3.54. The van der Waals surface area contributed by atoms with Crippen molar-refractivity contribution >= 4 is 23.2 Å². The van der Waals surface area contributed by atoms with Gasteiger partial charge in [0.25, 0.3) is 0 Å². The number of nitro benzene ring substituents is 1. The molecule has 0 radical (unpaired) electrons. The van der Waals surface area contributed by atoms with Gasteiger partial charge in [0.2, 0.25) is 5.16 Å². The highest BCUT2D eigenvalue weighted by Gasteiger charge is 2.18. The number of Topliss-reactive ketones (excluding diaryl/α,β-unsaturated/α-hetero) is 1. The number of hydrogen-bond donors (Lipinski definition) is 1. The molecule has 3 rings (SSSR count). The fraction of sp³-hybridized carbons (Fsp3) is 0.167. The highest BCUT2D eigenvalue weighted by molar-refractivity contribution is 7.99. The lowest BCUT2D eigenvalue weighted by Crippen LogP contribution is -1.99. The fourth-order valence-corrected chi connectivity index (χ4v) is 2.87. The number of carbonyl (C=O) groups is 1. The number of ketones is 1. The Hall–Kier alpha value is -3.20. The Balaban J connectivity index is 1.79. The van der Waals surface area contributed by atoms with Gasteiger partial charge in [0.05, 0.1) is 10.7 Å². The van der Waals surface area contributed by atoms with Gasteiger partial charge in [0, 0.05) is 11.6 Å². The summed E-state index contributed by atoms with van der Waals surface area (Å²) in [7, 11) is 0. The molecule has 0 fully saturated rings. The number of H-pyrrole nitrogens is 1. The van der Waals surface area contributed by atoms with Crippen molar-refractivity contribution in [2.45, 2.75) is 18.7 Å². The molecule has 1 heterocycles. The van der Waals surface area contributed by atoms with Crippen molar-refractivity contribution in [1.82, 2.24) is 15.2 Å². The molecule has 8 nitrogen and oxygen atoms in total. The minimum Gasteiger partial charge on any atom is -0.482 e. The second-order valence-corrected chi connectivity index (χ2v) is 6.61. The minimum atomic E-state index is -0.494. The van der Waals surface area contributed by atoms with E-state index in [0.29, 0.717) is 16.5 Å². The summed E-state index contributed by atoms with van der Waals surface area (Å²) in [5.41, 5.74) is 1.27. The normalized spacial score (nSPS) is 10.6. The van der Waals surface area contributed by atoms with Gasteiger partial charge in [-0.05, 0) is 24.6 Å². The Bertz CT molecular complexity index is 959. The molecule has 138 valence electrons. The van der Waals surface area contributed by atoms with Crippen LogP contribution in [0, 0.1) is 10.1 Å².